The molecule has 3 aromatic rings. The quantitative estimate of drug-likeness (QED) is 0.378. The van der Waals surface area contributed by atoms with Gasteiger partial charge in [0.25, 0.3) is 0 Å². The first kappa shape index (κ1) is 20.7. The van der Waals surface area contributed by atoms with Crippen molar-refractivity contribution in [3.05, 3.63) is 65.9 Å². The average molecular weight is 484 g/mol. The van der Waals surface area contributed by atoms with Crippen molar-refractivity contribution >= 4 is 81.8 Å². The summed E-state index contributed by atoms with van der Waals surface area (Å²) in [5.74, 6) is 0.410. The highest BCUT2D eigenvalue weighted by Crippen LogP contribution is 2.40. The van der Waals surface area contributed by atoms with E-state index in [9.17, 15) is 0 Å². The van der Waals surface area contributed by atoms with Crippen molar-refractivity contribution in [2.45, 2.75) is 7.59 Å². The molecule has 1 aromatic carbocycles. The highest BCUT2D eigenvalue weighted by Gasteiger charge is 2.33. The Kier molecular flexibility index (Phi) is 6.26. The van der Waals surface area contributed by atoms with Crippen molar-refractivity contribution in [2.24, 2.45) is 0 Å². The molecular formula is C17H9Cl6N3O. The van der Waals surface area contributed by atoms with Gasteiger partial charge in [-0.15, -0.1) is 0 Å². The van der Waals surface area contributed by atoms with E-state index in [4.69, 9.17) is 74.0 Å². The van der Waals surface area contributed by atoms with Gasteiger partial charge < -0.3 is 4.42 Å². The SMILES string of the molecule is ClC(Cl)(Cl)c1nc(/C=C/c2occc2-c2ccccc2)nc(C(Cl)(Cl)Cl)n1. The number of alkyl halides is 6. The van der Waals surface area contributed by atoms with Crippen molar-refractivity contribution < 1.29 is 4.42 Å². The van der Waals surface area contributed by atoms with Gasteiger partial charge >= 0.3 is 0 Å². The number of rotatable bonds is 3. The number of furan rings is 1. The highest BCUT2D eigenvalue weighted by atomic mass is 35.6. The minimum atomic E-state index is -1.91. The number of hydrogen-bond acceptors (Lipinski definition) is 4. The number of benzene rings is 1. The molecule has 0 fully saturated rings. The Labute approximate surface area is 185 Å². The van der Waals surface area contributed by atoms with Crippen LogP contribution in [-0.2, 0) is 7.59 Å². The molecule has 0 spiro atoms. The van der Waals surface area contributed by atoms with Crippen molar-refractivity contribution in [1.82, 2.24) is 15.0 Å². The first-order valence-corrected chi connectivity index (χ1v) is 9.63. The first-order chi connectivity index (χ1) is 12.6. The molecule has 140 valence electrons. The van der Waals surface area contributed by atoms with Gasteiger partial charge in [0.05, 0.1) is 6.26 Å². The number of aromatic nitrogens is 3. The van der Waals surface area contributed by atoms with Crippen LogP contribution in [0, 0.1) is 0 Å². The third-order valence-electron chi connectivity index (χ3n) is 3.32. The molecule has 0 aliphatic heterocycles. The van der Waals surface area contributed by atoms with Crippen LogP contribution in [0.2, 0.25) is 0 Å². The van der Waals surface area contributed by atoms with Crippen LogP contribution in [0.4, 0.5) is 0 Å². The van der Waals surface area contributed by atoms with Crippen LogP contribution in [0.25, 0.3) is 23.3 Å². The molecule has 3 rings (SSSR count). The second kappa shape index (κ2) is 8.16. The molecule has 27 heavy (non-hydrogen) atoms. The van der Waals surface area contributed by atoms with Gasteiger partial charge in [-0.2, -0.15) is 0 Å². The molecule has 0 saturated heterocycles. The van der Waals surface area contributed by atoms with Gasteiger partial charge in [-0.25, -0.2) is 15.0 Å². The lowest BCUT2D eigenvalue weighted by Gasteiger charge is -2.14. The van der Waals surface area contributed by atoms with Gasteiger partial charge in [0.1, 0.15) is 5.76 Å². The molecule has 2 heterocycles. The Balaban J connectivity index is 2.00. The van der Waals surface area contributed by atoms with E-state index in [0.29, 0.717) is 5.76 Å². The van der Waals surface area contributed by atoms with Gasteiger partial charge in [0, 0.05) is 5.56 Å². The molecule has 10 heteroatoms. The topological polar surface area (TPSA) is 51.8 Å². The van der Waals surface area contributed by atoms with E-state index >= 15 is 0 Å². The number of hydrogen-bond donors (Lipinski definition) is 0. The summed E-state index contributed by atoms with van der Waals surface area (Å²) in [6, 6.07) is 11.6. The largest absolute Gasteiger partial charge is 0.464 e. The van der Waals surface area contributed by atoms with Gasteiger partial charge in [-0.1, -0.05) is 99.9 Å². The van der Waals surface area contributed by atoms with Gasteiger partial charge in [0.2, 0.25) is 7.59 Å². The van der Waals surface area contributed by atoms with Crippen molar-refractivity contribution in [3.8, 4) is 11.1 Å². The predicted molar refractivity (Wildman–Crippen MR) is 111 cm³/mol. The average Bonchev–Trinajstić information content (AvgIpc) is 3.07. The van der Waals surface area contributed by atoms with E-state index < -0.39 is 7.59 Å². The zero-order valence-electron chi connectivity index (χ0n) is 13.2. The van der Waals surface area contributed by atoms with E-state index in [2.05, 4.69) is 15.0 Å². The minimum absolute atomic E-state index is 0.142. The minimum Gasteiger partial charge on any atom is -0.464 e. The lowest BCUT2D eigenvalue weighted by molar-refractivity contribution is 0.558. The van der Waals surface area contributed by atoms with Crippen molar-refractivity contribution in [3.63, 3.8) is 0 Å². The fraction of sp³-hybridized carbons (Fsp3) is 0.118. The normalized spacial score (nSPS) is 12.7. The second-order valence-corrected chi connectivity index (χ2v) is 9.80. The summed E-state index contributed by atoms with van der Waals surface area (Å²) in [7, 11) is 0. The van der Waals surface area contributed by atoms with Gasteiger partial charge in [-0.3, -0.25) is 0 Å². The van der Waals surface area contributed by atoms with E-state index in [1.54, 1.807) is 18.4 Å². The molecule has 2 aromatic heterocycles. The van der Waals surface area contributed by atoms with Crippen LogP contribution < -0.4 is 0 Å². The molecule has 0 N–H and O–H groups in total. The number of halogens is 6. The molecule has 0 saturated carbocycles. The number of nitrogens with zero attached hydrogens (tertiary/aromatic N) is 3. The fourth-order valence-corrected chi connectivity index (χ4v) is 2.68. The smallest absolute Gasteiger partial charge is 0.250 e. The molecule has 0 aliphatic carbocycles. The molecule has 0 unspecified atom stereocenters. The zero-order chi connectivity index (χ0) is 19.7. The molecule has 0 bridgehead atoms. The fourth-order valence-electron chi connectivity index (χ4n) is 2.18. The standard InChI is InChI=1S/C17H9Cl6N3O/c18-16(19,20)14-24-13(25-15(26-14)17(21,22)23)7-6-12-11(8-9-27-12)10-4-2-1-3-5-10/h1-9H/b7-6+. The van der Waals surface area contributed by atoms with E-state index in [0.717, 1.165) is 11.1 Å². The first-order valence-electron chi connectivity index (χ1n) is 7.36. The maximum Gasteiger partial charge on any atom is 0.250 e. The molecule has 0 amide bonds. The molecule has 4 nitrogen and oxygen atoms in total. The summed E-state index contributed by atoms with van der Waals surface area (Å²) in [6.07, 6.45) is 4.80. The van der Waals surface area contributed by atoms with Crippen molar-refractivity contribution in [1.29, 1.82) is 0 Å². The van der Waals surface area contributed by atoms with Crippen LogP contribution in [0.3, 0.4) is 0 Å². The second-order valence-electron chi connectivity index (χ2n) is 5.23. The van der Waals surface area contributed by atoms with E-state index in [1.807, 2.05) is 36.4 Å². The molecule has 0 aliphatic rings. The Morgan fingerprint density at radius 3 is 1.89 bits per heavy atom. The zero-order valence-corrected chi connectivity index (χ0v) is 17.7. The van der Waals surface area contributed by atoms with Crippen LogP contribution in [-0.4, -0.2) is 15.0 Å². The summed E-state index contributed by atoms with van der Waals surface area (Å²) < 4.78 is 1.71. The highest BCUT2D eigenvalue weighted by molar-refractivity contribution is 6.67. The van der Waals surface area contributed by atoms with Gasteiger partial charge in [0.15, 0.2) is 17.5 Å². The maximum atomic E-state index is 5.86. The molecular weight excluding hydrogens is 475 g/mol. The van der Waals surface area contributed by atoms with Crippen LogP contribution in [0.15, 0.2) is 47.1 Å². The summed E-state index contributed by atoms with van der Waals surface area (Å²) >= 11 is 35.2. The Hall–Kier alpha value is -1.01. The lowest BCUT2D eigenvalue weighted by Crippen LogP contribution is -2.16. The van der Waals surface area contributed by atoms with Crippen molar-refractivity contribution in [2.75, 3.05) is 0 Å². The summed E-state index contributed by atoms with van der Waals surface area (Å²) in [5, 5.41) is 0. The Morgan fingerprint density at radius 1 is 0.741 bits per heavy atom. The predicted octanol–water partition coefficient (Wildman–Crippen LogP) is 6.96. The monoisotopic (exact) mass is 481 g/mol. The third kappa shape index (κ3) is 5.29. The summed E-state index contributed by atoms with van der Waals surface area (Å²) in [5.41, 5.74) is 1.88. The summed E-state index contributed by atoms with van der Waals surface area (Å²) in [6.45, 7) is 0. The molecule has 0 radical (unpaired) electrons. The van der Waals surface area contributed by atoms with Crippen LogP contribution in [0.1, 0.15) is 23.2 Å². The van der Waals surface area contributed by atoms with E-state index in [1.165, 1.54) is 0 Å². The summed E-state index contributed by atoms with van der Waals surface area (Å²) in [4.78, 5) is 12.1. The maximum absolute atomic E-state index is 5.86. The van der Waals surface area contributed by atoms with Gasteiger partial charge in [-0.05, 0) is 23.8 Å². The Bertz CT molecular complexity index is 929. The van der Waals surface area contributed by atoms with E-state index in [-0.39, 0.29) is 17.5 Å². The third-order valence-corrected chi connectivity index (χ3v) is 4.34. The van der Waals surface area contributed by atoms with Crippen LogP contribution in [0.5, 0.6) is 0 Å². The van der Waals surface area contributed by atoms with Crippen LogP contribution >= 0.6 is 69.6 Å². The molecule has 0 atom stereocenters. The lowest BCUT2D eigenvalue weighted by atomic mass is 10.1. The Morgan fingerprint density at radius 2 is 1.33 bits per heavy atom.